The van der Waals surface area contributed by atoms with Crippen LogP contribution in [0, 0.1) is 0 Å². The second kappa shape index (κ2) is 4.82. The minimum absolute atomic E-state index is 0.316. The van der Waals surface area contributed by atoms with Crippen molar-refractivity contribution in [2.75, 3.05) is 0 Å². The van der Waals surface area contributed by atoms with Crippen molar-refractivity contribution in [1.29, 1.82) is 0 Å². The van der Waals surface area contributed by atoms with Crippen LogP contribution in [0.25, 0.3) is 0 Å². The molecule has 1 aromatic rings. The van der Waals surface area contributed by atoms with Crippen molar-refractivity contribution in [1.82, 2.24) is 4.98 Å². The number of hydrogen-bond acceptors (Lipinski definition) is 3. The van der Waals surface area contributed by atoms with Gasteiger partial charge in [-0.15, -0.1) is 0 Å². The fourth-order valence-electron chi connectivity index (χ4n) is 2.60. The van der Waals surface area contributed by atoms with Gasteiger partial charge in [-0.05, 0) is 74.0 Å². The summed E-state index contributed by atoms with van der Waals surface area (Å²) in [6, 6.07) is 2.15. The molecule has 2 aliphatic rings. The van der Waals surface area contributed by atoms with Gasteiger partial charge in [-0.1, -0.05) is 6.42 Å². The zero-order chi connectivity index (χ0) is 14.5. The van der Waals surface area contributed by atoms with E-state index in [0.717, 1.165) is 10.1 Å². The SMILES string of the molecule is CC1(C)OB(c2cc(C3CCC3)c(Br)cn2)OC1(C)C. The van der Waals surface area contributed by atoms with Gasteiger partial charge in [0.25, 0.3) is 0 Å². The summed E-state index contributed by atoms with van der Waals surface area (Å²) in [5.74, 6) is 0.661. The summed E-state index contributed by atoms with van der Waals surface area (Å²) < 4.78 is 13.3. The van der Waals surface area contributed by atoms with Crippen molar-refractivity contribution >= 4 is 28.6 Å². The van der Waals surface area contributed by atoms with Gasteiger partial charge in [0, 0.05) is 10.7 Å². The molecular formula is C15H21BBrNO2. The minimum Gasteiger partial charge on any atom is -0.398 e. The van der Waals surface area contributed by atoms with E-state index in [1.807, 2.05) is 6.20 Å². The topological polar surface area (TPSA) is 31.4 Å². The van der Waals surface area contributed by atoms with Crippen LogP contribution in [0.5, 0.6) is 0 Å². The van der Waals surface area contributed by atoms with Gasteiger partial charge in [0.2, 0.25) is 0 Å². The molecule has 0 N–H and O–H groups in total. The molecule has 0 spiro atoms. The average Bonchev–Trinajstić information content (AvgIpc) is 2.49. The summed E-state index contributed by atoms with van der Waals surface area (Å²) >= 11 is 3.62. The minimum atomic E-state index is -0.369. The molecule has 5 heteroatoms. The summed E-state index contributed by atoms with van der Waals surface area (Å²) in [6.07, 6.45) is 5.75. The van der Waals surface area contributed by atoms with Gasteiger partial charge in [0.1, 0.15) is 0 Å². The first-order chi connectivity index (χ1) is 9.30. The molecule has 1 aromatic heterocycles. The smallest absolute Gasteiger partial charge is 0.398 e. The Hall–Kier alpha value is -0.385. The van der Waals surface area contributed by atoms with E-state index < -0.39 is 0 Å². The third-order valence-corrected chi connectivity index (χ3v) is 5.61. The molecular weight excluding hydrogens is 317 g/mol. The van der Waals surface area contributed by atoms with Crippen molar-refractivity contribution in [2.24, 2.45) is 0 Å². The van der Waals surface area contributed by atoms with Crippen molar-refractivity contribution in [3.05, 3.63) is 22.3 Å². The van der Waals surface area contributed by atoms with Crippen LogP contribution < -0.4 is 5.59 Å². The lowest BCUT2D eigenvalue weighted by atomic mass is 9.77. The quantitative estimate of drug-likeness (QED) is 0.775. The van der Waals surface area contributed by atoms with E-state index in [0.29, 0.717) is 5.92 Å². The number of aromatic nitrogens is 1. The second-order valence-electron chi connectivity index (χ2n) is 6.85. The van der Waals surface area contributed by atoms with E-state index in [9.17, 15) is 0 Å². The average molecular weight is 338 g/mol. The molecule has 0 radical (unpaired) electrons. The van der Waals surface area contributed by atoms with E-state index >= 15 is 0 Å². The second-order valence-corrected chi connectivity index (χ2v) is 7.70. The molecule has 0 atom stereocenters. The van der Waals surface area contributed by atoms with E-state index in [1.54, 1.807) is 0 Å². The van der Waals surface area contributed by atoms with E-state index in [1.165, 1.54) is 24.8 Å². The van der Waals surface area contributed by atoms with Gasteiger partial charge in [-0.25, -0.2) is 0 Å². The highest BCUT2D eigenvalue weighted by molar-refractivity contribution is 9.10. The maximum atomic E-state index is 6.08. The molecule has 20 heavy (non-hydrogen) atoms. The Labute approximate surface area is 129 Å². The van der Waals surface area contributed by atoms with Gasteiger partial charge >= 0.3 is 7.12 Å². The monoisotopic (exact) mass is 337 g/mol. The molecule has 1 aliphatic carbocycles. The van der Waals surface area contributed by atoms with E-state index in [4.69, 9.17) is 9.31 Å². The van der Waals surface area contributed by atoms with Crippen LogP contribution >= 0.6 is 15.9 Å². The summed E-state index contributed by atoms with van der Waals surface area (Å²) in [7, 11) is -0.369. The van der Waals surface area contributed by atoms with Crippen molar-refractivity contribution in [3.63, 3.8) is 0 Å². The van der Waals surface area contributed by atoms with Crippen LogP contribution in [0.2, 0.25) is 0 Å². The van der Waals surface area contributed by atoms with Crippen molar-refractivity contribution < 1.29 is 9.31 Å². The predicted molar refractivity (Wildman–Crippen MR) is 84.2 cm³/mol. The van der Waals surface area contributed by atoms with Crippen LogP contribution in [0.4, 0.5) is 0 Å². The Morgan fingerprint density at radius 2 is 1.80 bits per heavy atom. The fourth-order valence-corrected chi connectivity index (χ4v) is 3.14. The van der Waals surface area contributed by atoms with Crippen LogP contribution in [0.1, 0.15) is 58.4 Å². The highest BCUT2D eigenvalue weighted by atomic mass is 79.9. The summed E-state index contributed by atoms with van der Waals surface area (Å²) in [5, 5.41) is 0. The molecule has 3 nitrogen and oxygen atoms in total. The van der Waals surface area contributed by atoms with E-state index in [-0.39, 0.29) is 18.3 Å². The fraction of sp³-hybridized carbons (Fsp3) is 0.667. The lowest BCUT2D eigenvalue weighted by Gasteiger charge is -2.32. The van der Waals surface area contributed by atoms with Gasteiger partial charge in [-0.3, -0.25) is 4.98 Å². The highest BCUT2D eigenvalue weighted by Crippen LogP contribution is 2.40. The first-order valence-corrected chi connectivity index (χ1v) is 8.10. The Balaban J connectivity index is 1.88. The number of pyridine rings is 1. The van der Waals surface area contributed by atoms with Gasteiger partial charge < -0.3 is 9.31 Å². The number of nitrogens with zero attached hydrogens (tertiary/aromatic N) is 1. The molecule has 0 amide bonds. The number of halogens is 1. The predicted octanol–water partition coefficient (Wildman–Crippen LogP) is 3.41. The normalized spacial score (nSPS) is 24.8. The maximum absolute atomic E-state index is 6.08. The molecule has 1 aliphatic heterocycles. The highest BCUT2D eigenvalue weighted by Gasteiger charge is 2.52. The van der Waals surface area contributed by atoms with Gasteiger partial charge in [-0.2, -0.15) is 0 Å². The summed E-state index contributed by atoms with van der Waals surface area (Å²) in [4.78, 5) is 4.50. The lowest BCUT2D eigenvalue weighted by molar-refractivity contribution is 0.00578. The maximum Gasteiger partial charge on any atom is 0.514 e. The third-order valence-electron chi connectivity index (χ3n) is 4.95. The van der Waals surface area contributed by atoms with Crippen LogP contribution in [-0.2, 0) is 9.31 Å². The zero-order valence-electron chi connectivity index (χ0n) is 12.6. The molecule has 2 heterocycles. The Bertz CT molecular complexity index is 513. The molecule has 3 rings (SSSR count). The van der Waals surface area contributed by atoms with Crippen molar-refractivity contribution in [2.45, 2.75) is 64.1 Å². The van der Waals surface area contributed by atoms with Crippen molar-refractivity contribution in [3.8, 4) is 0 Å². The molecule has 108 valence electrons. The van der Waals surface area contributed by atoms with Crippen LogP contribution in [-0.4, -0.2) is 23.3 Å². The molecule has 0 aromatic carbocycles. The van der Waals surface area contributed by atoms with Gasteiger partial charge in [0.05, 0.1) is 16.8 Å². The van der Waals surface area contributed by atoms with Crippen LogP contribution in [0.15, 0.2) is 16.7 Å². The summed E-state index contributed by atoms with van der Waals surface area (Å²) in [5.41, 5.74) is 1.59. The van der Waals surface area contributed by atoms with Crippen LogP contribution in [0.3, 0.4) is 0 Å². The third kappa shape index (κ3) is 2.34. The molecule has 1 saturated carbocycles. The number of rotatable bonds is 2. The number of hydrogen-bond donors (Lipinski definition) is 0. The zero-order valence-corrected chi connectivity index (χ0v) is 14.2. The van der Waals surface area contributed by atoms with Gasteiger partial charge in [0.15, 0.2) is 0 Å². The van der Waals surface area contributed by atoms with E-state index in [2.05, 4.69) is 54.7 Å². The Morgan fingerprint density at radius 1 is 1.20 bits per heavy atom. The lowest BCUT2D eigenvalue weighted by Crippen LogP contribution is -2.41. The first-order valence-electron chi connectivity index (χ1n) is 7.31. The molecule has 1 saturated heterocycles. The molecule has 0 bridgehead atoms. The first kappa shape index (κ1) is 14.5. The Kier molecular flexibility index (Phi) is 3.51. The largest absolute Gasteiger partial charge is 0.514 e. The summed E-state index contributed by atoms with van der Waals surface area (Å²) in [6.45, 7) is 8.27. The standard InChI is InChI=1S/C15H21BBrNO2/c1-14(2)15(3,4)20-16(19-14)13-8-11(10-6-5-7-10)12(17)9-18-13/h8-10H,5-7H2,1-4H3. The molecule has 2 fully saturated rings. The Morgan fingerprint density at radius 3 is 2.30 bits per heavy atom. The molecule has 0 unspecified atom stereocenters.